The number of carboxylic acid groups (broad SMARTS) is 1. The van der Waals surface area contributed by atoms with E-state index in [1.165, 1.54) is 0 Å². The molecule has 0 saturated carbocycles. The van der Waals surface area contributed by atoms with Gasteiger partial charge in [0.25, 0.3) is 0 Å². The first kappa shape index (κ1) is 9.74. The predicted molar refractivity (Wildman–Crippen MR) is 36.9 cm³/mol. The summed E-state index contributed by atoms with van der Waals surface area (Å²) in [5.41, 5.74) is 7.82. The molecule has 6 heteroatoms. The minimum atomic E-state index is -0.968. The van der Waals surface area contributed by atoms with Gasteiger partial charge in [0.2, 0.25) is 0 Å². The van der Waals surface area contributed by atoms with Gasteiger partial charge in [-0.2, -0.15) is 0 Å². The Balaban J connectivity index is 3.44. The molecule has 0 rings (SSSR count). The fourth-order valence-electron chi connectivity index (χ4n) is 0.512. The lowest BCUT2D eigenvalue weighted by molar-refractivity contribution is -0.137. The third kappa shape index (κ3) is 6.63. The van der Waals surface area contributed by atoms with Crippen LogP contribution in [0.3, 0.4) is 0 Å². The molecule has 0 aromatic heterocycles. The van der Waals surface area contributed by atoms with Gasteiger partial charge in [0.1, 0.15) is 0 Å². The molecule has 0 fully saturated rings. The number of hydrogen-bond acceptors (Lipinski definition) is 3. The molecule has 0 bridgehead atoms. The second-order valence-electron chi connectivity index (χ2n) is 2.00. The normalized spacial score (nSPS) is 11.7. The van der Waals surface area contributed by atoms with Crippen LogP contribution in [0.2, 0.25) is 0 Å². The molecular formula is C5H9N3O3. The molecule has 0 spiro atoms. The van der Waals surface area contributed by atoms with E-state index in [4.69, 9.17) is 15.7 Å². The van der Waals surface area contributed by atoms with Gasteiger partial charge in [0.15, 0.2) is 0 Å². The van der Waals surface area contributed by atoms with E-state index in [9.17, 15) is 4.79 Å². The first-order valence-corrected chi connectivity index (χ1v) is 3.07. The van der Waals surface area contributed by atoms with Gasteiger partial charge < -0.3 is 10.2 Å². The van der Waals surface area contributed by atoms with Crippen molar-refractivity contribution in [3.63, 3.8) is 0 Å². The van der Waals surface area contributed by atoms with Crippen LogP contribution in [-0.4, -0.2) is 28.8 Å². The molecule has 0 aliphatic heterocycles. The summed E-state index contributed by atoms with van der Waals surface area (Å²) in [6.07, 6.45) is -0.835. The first-order valence-electron chi connectivity index (χ1n) is 3.07. The maximum absolute atomic E-state index is 9.96. The SMILES string of the molecule is [N-]=[N+]=NC[C@@H](O)CCC(=O)O. The number of aliphatic carboxylic acids is 1. The zero-order valence-corrected chi connectivity index (χ0v) is 5.84. The first-order chi connectivity index (χ1) is 5.16. The highest BCUT2D eigenvalue weighted by atomic mass is 16.4. The molecule has 0 unspecified atom stereocenters. The molecule has 0 saturated heterocycles. The van der Waals surface area contributed by atoms with Gasteiger partial charge in [-0.3, -0.25) is 4.79 Å². The molecule has 0 aromatic rings. The summed E-state index contributed by atoms with van der Waals surface area (Å²) in [5, 5.41) is 20.2. The molecule has 0 heterocycles. The largest absolute Gasteiger partial charge is 0.481 e. The Bertz CT molecular complexity index is 176. The van der Waals surface area contributed by atoms with Crippen LogP contribution in [0.1, 0.15) is 12.8 Å². The third-order valence-electron chi connectivity index (χ3n) is 1.05. The minimum absolute atomic E-state index is 0.0657. The smallest absolute Gasteiger partial charge is 0.303 e. The van der Waals surface area contributed by atoms with E-state index in [1.54, 1.807) is 0 Å². The van der Waals surface area contributed by atoms with Crippen molar-refractivity contribution in [2.24, 2.45) is 5.11 Å². The number of nitrogens with zero attached hydrogens (tertiary/aromatic N) is 3. The lowest BCUT2D eigenvalue weighted by atomic mass is 10.2. The summed E-state index contributed by atoms with van der Waals surface area (Å²) >= 11 is 0. The molecule has 0 aromatic carbocycles. The summed E-state index contributed by atoms with van der Waals surface area (Å²) in [5.74, 6) is -0.968. The zero-order valence-electron chi connectivity index (χ0n) is 5.84. The van der Waals surface area contributed by atoms with Gasteiger partial charge in [-0.25, -0.2) is 0 Å². The third-order valence-corrected chi connectivity index (χ3v) is 1.05. The lowest BCUT2D eigenvalue weighted by Gasteiger charge is -2.02. The van der Waals surface area contributed by atoms with Crippen molar-refractivity contribution in [3.05, 3.63) is 10.4 Å². The van der Waals surface area contributed by atoms with Crippen molar-refractivity contribution in [1.29, 1.82) is 0 Å². The van der Waals surface area contributed by atoms with Crippen LogP contribution in [-0.2, 0) is 4.79 Å². The Morgan fingerprint density at radius 2 is 2.36 bits per heavy atom. The molecule has 62 valence electrons. The van der Waals surface area contributed by atoms with Crippen molar-refractivity contribution in [2.75, 3.05) is 6.54 Å². The monoisotopic (exact) mass is 159 g/mol. The molecule has 0 aliphatic rings. The molecule has 1 atom stereocenters. The highest BCUT2D eigenvalue weighted by Crippen LogP contribution is 1.97. The van der Waals surface area contributed by atoms with E-state index in [-0.39, 0.29) is 19.4 Å². The second kappa shape index (κ2) is 5.52. The van der Waals surface area contributed by atoms with Gasteiger partial charge in [-0.05, 0) is 12.0 Å². The van der Waals surface area contributed by atoms with Crippen LogP contribution in [0.25, 0.3) is 10.4 Å². The maximum Gasteiger partial charge on any atom is 0.303 e. The molecule has 0 aliphatic carbocycles. The summed E-state index contributed by atoms with van der Waals surface area (Å²) in [6.45, 7) is -0.0657. The van der Waals surface area contributed by atoms with Gasteiger partial charge >= 0.3 is 5.97 Å². The lowest BCUT2D eigenvalue weighted by Crippen LogP contribution is -2.12. The number of azide groups is 1. The van der Waals surface area contributed by atoms with Crippen molar-refractivity contribution < 1.29 is 15.0 Å². The molecule has 6 nitrogen and oxygen atoms in total. The fourth-order valence-corrected chi connectivity index (χ4v) is 0.512. The highest BCUT2D eigenvalue weighted by Gasteiger charge is 2.04. The standard InChI is InChI=1S/C5H9N3O3/c6-8-7-3-4(9)1-2-5(10)11/h4,9H,1-3H2,(H,10,11)/t4-/m0/s1. The Hall–Kier alpha value is -1.26. The Kier molecular flexibility index (Phi) is 4.89. The van der Waals surface area contributed by atoms with E-state index in [0.29, 0.717) is 0 Å². The average molecular weight is 159 g/mol. The van der Waals surface area contributed by atoms with Crippen LogP contribution >= 0.6 is 0 Å². The van der Waals surface area contributed by atoms with E-state index < -0.39 is 12.1 Å². The molecular weight excluding hydrogens is 150 g/mol. The molecule has 0 amide bonds. The van der Waals surface area contributed by atoms with Crippen molar-refractivity contribution in [3.8, 4) is 0 Å². The van der Waals surface area contributed by atoms with Crippen LogP contribution in [0.4, 0.5) is 0 Å². The topological polar surface area (TPSA) is 106 Å². The van der Waals surface area contributed by atoms with Crippen molar-refractivity contribution >= 4 is 5.97 Å². The average Bonchev–Trinajstić information content (AvgIpc) is 1.97. The summed E-state index contributed by atoms with van der Waals surface area (Å²) in [6, 6.07) is 0. The number of hydrogen-bond donors (Lipinski definition) is 2. The number of rotatable bonds is 5. The Labute approximate surface area is 63.1 Å². The second-order valence-corrected chi connectivity index (χ2v) is 2.00. The van der Waals surface area contributed by atoms with E-state index in [2.05, 4.69) is 10.0 Å². The van der Waals surface area contributed by atoms with Crippen LogP contribution < -0.4 is 0 Å². The highest BCUT2D eigenvalue weighted by molar-refractivity contribution is 5.66. The fraction of sp³-hybridized carbons (Fsp3) is 0.800. The zero-order chi connectivity index (χ0) is 8.69. The molecule has 2 N–H and O–H groups in total. The summed E-state index contributed by atoms with van der Waals surface area (Å²) in [4.78, 5) is 12.4. The predicted octanol–water partition coefficient (Wildman–Crippen LogP) is 0.522. The van der Waals surface area contributed by atoms with E-state index in [0.717, 1.165) is 0 Å². The Morgan fingerprint density at radius 3 is 2.82 bits per heavy atom. The van der Waals surface area contributed by atoms with Gasteiger partial charge in [0, 0.05) is 11.3 Å². The molecule has 11 heavy (non-hydrogen) atoms. The Morgan fingerprint density at radius 1 is 1.73 bits per heavy atom. The number of carboxylic acids is 1. The maximum atomic E-state index is 9.96. The van der Waals surface area contributed by atoms with Gasteiger partial charge in [0.05, 0.1) is 12.6 Å². The number of aliphatic hydroxyl groups excluding tert-OH is 1. The summed E-state index contributed by atoms with van der Waals surface area (Å²) in [7, 11) is 0. The molecule has 0 radical (unpaired) electrons. The quantitative estimate of drug-likeness (QED) is 0.347. The van der Waals surface area contributed by atoms with Crippen LogP contribution in [0, 0.1) is 0 Å². The summed E-state index contributed by atoms with van der Waals surface area (Å²) < 4.78 is 0. The van der Waals surface area contributed by atoms with Crippen molar-refractivity contribution in [1.82, 2.24) is 0 Å². The number of carbonyl (C=O) groups is 1. The van der Waals surface area contributed by atoms with Gasteiger partial charge in [-0.1, -0.05) is 5.11 Å². The van der Waals surface area contributed by atoms with Gasteiger partial charge in [-0.15, -0.1) is 0 Å². The van der Waals surface area contributed by atoms with Crippen molar-refractivity contribution in [2.45, 2.75) is 18.9 Å². The van der Waals surface area contributed by atoms with E-state index >= 15 is 0 Å². The minimum Gasteiger partial charge on any atom is -0.481 e. The van der Waals surface area contributed by atoms with Crippen LogP contribution in [0.15, 0.2) is 5.11 Å². The van der Waals surface area contributed by atoms with E-state index in [1.807, 2.05) is 0 Å². The van der Waals surface area contributed by atoms with Crippen LogP contribution in [0.5, 0.6) is 0 Å². The number of aliphatic hydroxyl groups is 1.